The fraction of sp³-hybridized carbons (Fsp3) is 0.143. The van der Waals surface area contributed by atoms with E-state index in [1.165, 1.54) is 11.8 Å². The lowest BCUT2D eigenvalue weighted by molar-refractivity contribution is -0.139. The fourth-order valence-electron chi connectivity index (χ4n) is 4.17. The number of imide groups is 1. The first-order valence-corrected chi connectivity index (χ1v) is 9.58. The molecule has 2 aliphatic heterocycles. The molecule has 28 heavy (non-hydrogen) atoms. The van der Waals surface area contributed by atoms with Crippen LogP contribution in [-0.2, 0) is 9.59 Å². The molecule has 0 radical (unpaired) electrons. The maximum Gasteiger partial charge on any atom is 0.259 e. The van der Waals surface area contributed by atoms with E-state index in [2.05, 4.69) is 10.3 Å². The SMILES string of the molecule is CC(=O)N1CC2=C(C1=O)[C@@H](c1ccc(Cl)cc1Cl)c1c[nH]c3cccc(c13)N2. The molecule has 3 aromatic rings. The topological polar surface area (TPSA) is 65.2 Å². The van der Waals surface area contributed by atoms with Gasteiger partial charge in [-0.2, -0.15) is 0 Å². The van der Waals surface area contributed by atoms with E-state index in [1.54, 1.807) is 12.1 Å². The van der Waals surface area contributed by atoms with Gasteiger partial charge in [-0.15, -0.1) is 0 Å². The molecule has 1 atom stereocenters. The monoisotopic (exact) mass is 411 g/mol. The van der Waals surface area contributed by atoms with E-state index in [4.69, 9.17) is 23.2 Å². The molecule has 0 aliphatic carbocycles. The second kappa shape index (κ2) is 6.12. The van der Waals surface area contributed by atoms with Gasteiger partial charge in [-0.25, -0.2) is 0 Å². The summed E-state index contributed by atoms with van der Waals surface area (Å²) < 4.78 is 0. The lowest BCUT2D eigenvalue weighted by Gasteiger charge is -2.20. The highest BCUT2D eigenvalue weighted by atomic mass is 35.5. The van der Waals surface area contributed by atoms with E-state index in [9.17, 15) is 9.59 Å². The summed E-state index contributed by atoms with van der Waals surface area (Å²) in [4.78, 5) is 29.8. The molecule has 2 N–H and O–H groups in total. The lowest BCUT2D eigenvalue weighted by atomic mass is 9.84. The van der Waals surface area contributed by atoms with Gasteiger partial charge in [0.2, 0.25) is 5.91 Å². The van der Waals surface area contributed by atoms with Crippen LogP contribution in [0.5, 0.6) is 0 Å². The molecule has 0 bridgehead atoms. The highest BCUT2D eigenvalue weighted by Crippen LogP contribution is 2.47. The van der Waals surface area contributed by atoms with Crippen LogP contribution in [0, 0.1) is 0 Å². The molecule has 0 saturated carbocycles. The zero-order valence-electron chi connectivity index (χ0n) is 14.8. The van der Waals surface area contributed by atoms with Gasteiger partial charge >= 0.3 is 0 Å². The smallest absolute Gasteiger partial charge is 0.259 e. The summed E-state index contributed by atoms with van der Waals surface area (Å²) in [6.45, 7) is 1.62. The molecule has 0 fully saturated rings. The van der Waals surface area contributed by atoms with Crippen LogP contribution >= 0.6 is 23.2 Å². The van der Waals surface area contributed by atoms with Crippen molar-refractivity contribution in [1.82, 2.24) is 9.88 Å². The lowest BCUT2D eigenvalue weighted by Crippen LogP contribution is -2.33. The molecule has 2 aliphatic rings. The third-order valence-electron chi connectivity index (χ3n) is 5.39. The molecule has 5 nitrogen and oxygen atoms in total. The standard InChI is InChI=1S/C21H15Cl2N3O2/c1-10(27)26-9-17-20(21(26)28)18(12-6-5-11(22)7-14(12)23)13-8-24-15-3-2-4-16(25-17)19(13)15/h2-8,18,24-25H,9H2,1H3/t18-/m0/s1. The Kier molecular flexibility index (Phi) is 3.79. The third kappa shape index (κ3) is 2.40. The number of benzene rings is 2. The van der Waals surface area contributed by atoms with Gasteiger partial charge in [0, 0.05) is 51.4 Å². The van der Waals surface area contributed by atoms with E-state index < -0.39 is 5.92 Å². The maximum absolute atomic E-state index is 13.2. The largest absolute Gasteiger partial charge is 0.361 e. The Labute approximate surface area is 170 Å². The molecule has 140 valence electrons. The average molecular weight is 412 g/mol. The molecular formula is C21H15Cl2N3O2. The Balaban J connectivity index is 1.81. The first-order valence-electron chi connectivity index (χ1n) is 8.83. The Bertz CT molecular complexity index is 1210. The third-order valence-corrected chi connectivity index (χ3v) is 5.95. The number of H-pyrrole nitrogens is 1. The molecule has 0 spiro atoms. The van der Waals surface area contributed by atoms with Crippen molar-refractivity contribution in [2.45, 2.75) is 12.8 Å². The number of carbonyl (C=O) groups excluding carboxylic acids is 2. The van der Waals surface area contributed by atoms with Gasteiger partial charge in [-0.1, -0.05) is 35.3 Å². The van der Waals surface area contributed by atoms with Crippen LogP contribution < -0.4 is 5.32 Å². The molecule has 5 rings (SSSR count). The second-order valence-electron chi connectivity index (χ2n) is 7.00. The number of rotatable bonds is 1. The zero-order chi connectivity index (χ0) is 19.6. The molecule has 3 heterocycles. The highest BCUT2D eigenvalue weighted by Gasteiger charge is 2.41. The van der Waals surface area contributed by atoms with Crippen molar-refractivity contribution in [2.24, 2.45) is 0 Å². The van der Waals surface area contributed by atoms with Gasteiger partial charge in [-0.05, 0) is 35.4 Å². The Morgan fingerprint density at radius 3 is 2.75 bits per heavy atom. The number of nitrogens with one attached hydrogen (secondary N) is 2. The number of halogens is 2. The summed E-state index contributed by atoms with van der Waals surface area (Å²) in [5.74, 6) is -0.997. The van der Waals surface area contributed by atoms with Crippen LogP contribution in [-0.4, -0.2) is 28.2 Å². The van der Waals surface area contributed by atoms with E-state index >= 15 is 0 Å². The maximum atomic E-state index is 13.2. The summed E-state index contributed by atoms with van der Waals surface area (Å²) in [6, 6.07) is 11.2. The van der Waals surface area contributed by atoms with Gasteiger partial charge in [0.15, 0.2) is 0 Å². The summed E-state index contributed by atoms with van der Waals surface area (Å²) >= 11 is 12.7. The van der Waals surface area contributed by atoms with E-state index in [0.717, 1.165) is 33.4 Å². The summed E-state index contributed by atoms with van der Waals surface area (Å²) in [7, 11) is 0. The molecule has 0 unspecified atom stereocenters. The minimum atomic E-state index is -0.415. The van der Waals surface area contributed by atoms with Crippen LogP contribution in [0.2, 0.25) is 10.0 Å². The minimum absolute atomic E-state index is 0.218. The fourth-order valence-corrected chi connectivity index (χ4v) is 4.69. The van der Waals surface area contributed by atoms with Crippen molar-refractivity contribution < 1.29 is 9.59 Å². The molecule has 2 aromatic carbocycles. The van der Waals surface area contributed by atoms with Gasteiger partial charge in [0.05, 0.1) is 12.1 Å². The van der Waals surface area contributed by atoms with Crippen LogP contribution in [0.1, 0.15) is 24.0 Å². The number of aromatic amines is 1. The van der Waals surface area contributed by atoms with Crippen LogP contribution in [0.3, 0.4) is 0 Å². The Morgan fingerprint density at radius 1 is 1.18 bits per heavy atom. The quantitative estimate of drug-likeness (QED) is 0.610. The molecule has 0 saturated heterocycles. The first-order chi connectivity index (χ1) is 13.5. The van der Waals surface area contributed by atoms with Crippen molar-refractivity contribution in [3.05, 3.63) is 75.0 Å². The highest BCUT2D eigenvalue weighted by molar-refractivity contribution is 6.35. The van der Waals surface area contributed by atoms with Crippen molar-refractivity contribution in [3.63, 3.8) is 0 Å². The summed E-state index contributed by atoms with van der Waals surface area (Å²) in [5, 5.41) is 5.41. The number of amides is 2. The van der Waals surface area contributed by atoms with Crippen molar-refractivity contribution >= 4 is 51.6 Å². The van der Waals surface area contributed by atoms with Gasteiger partial charge in [0.1, 0.15) is 0 Å². The Hall–Kier alpha value is -2.76. The summed E-state index contributed by atoms with van der Waals surface area (Å²) in [5.41, 5.74) is 4.83. The van der Waals surface area contributed by atoms with Crippen molar-refractivity contribution in [1.29, 1.82) is 0 Å². The molecular weight excluding hydrogens is 397 g/mol. The number of anilines is 1. The molecule has 7 heteroatoms. The minimum Gasteiger partial charge on any atom is -0.361 e. The van der Waals surface area contributed by atoms with Crippen LogP contribution in [0.4, 0.5) is 5.69 Å². The molecule has 1 aromatic heterocycles. The second-order valence-corrected chi connectivity index (χ2v) is 7.84. The average Bonchev–Trinajstić information content (AvgIpc) is 3.17. The van der Waals surface area contributed by atoms with Gasteiger partial charge in [0.25, 0.3) is 5.91 Å². The first kappa shape index (κ1) is 17.3. The van der Waals surface area contributed by atoms with Crippen LogP contribution in [0.25, 0.3) is 10.9 Å². The van der Waals surface area contributed by atoms with Gasteiger partial charge < -0.3 is 10.3 Å². The number of nitrogens with zero attached hydrogens (tertiary/aromatic N) is 1. The van der Waals surface area contributed by atoms with Crippen LogP contribution in [0.15, 0.2) is 53.9 Å². The van der Waals surface area contributed by atoms with E-state index in [-0.39, 0.29) is 18.4 Å². The number of hydrogen-bond donors (Lipinski definition) is 2. The Morgan fingerprint density at radius 2 is 2.00 bits per heavy atom. The summed E-state index contributed by atoms with van der Waals surface area (Å²) in [6.07, 6.45) is 1.91. The van der Waals surface area contributed by atoms with E-state index in [0.29, 0.717) is 15.6 Å². The predicted octanol–water partition coefficient (Wildman–Crippen LogP) is 4.67. The number of aromatic nitrogens is 1. The molecule has 2 amide bonds. The normalized spacial score (nSPS) is 18.3. The van der Waals surface area contributed by atoms with E-state index in [1.807, 2.05) is 30.5 Å². The zero-order valence-corrected chi connectivity index (χ0v) is 16.4. The van der Waals surface area contributed by atoms with Crippen molar-refractivity contribution in [2.75, 3.05) is 11.9 Å². The van der Waals surface area contributed by atoms with Gasteiger partial charge in [-0.3, -0.25) is 14.5 Å². The number of hydrogen-bond acceptors (Lipinski definition) is 3. The van der Waals surface area contributed by atoms with Crippen molar-refractivity contribution in [3.8, 4) is 0 Å². The predicted molar refractivity (Wildman–Crippen MR) is 110 cm³/mol. The number of carbonyl (C=O) groups is 2.